The Balaban J connectivity index is 2.81. The number of nitrogens with zero attached hydrogens (tertiary/aromatic N) is 4. The quantitative estimate of drug-likeness (QED) is 0.774. The summed E-state index contributed by atoms with van der Waals surface area (Å²) in [7, 11) is 3.74. The molecule has 1 heterocycles. The fourth-order valence-electron chi connectivity index (χ4n) is 1.05. The van der Waals surface area contributed by atoms with Gasteiger partial charge in [0.15, 0.2) is 0 Å². The Bertz CT molecular complexity index is 355. The highest BCUT2D eigenvalue weighted by molar-refractivity contribution is 5.32. The second-order valence-electron chi connectivity index (χ2n) is 4.91. The van der Waals surface area contributed by atoms with E-state index in [2.05, 4.69) is 41.0 Å². The molecule has 0 aromatic carbocycles. The average molecular weight is 224 g/mol. The minimum absolute atomic E-state index is 0.0275. The number of nitrogens with one attached hydrogen (secondary N) is 1. The lowest BCUT2D eigenvalue weighted by atomic mass is 10.1. The number of hydrogen-bond acceptors (Lipinski definition) is 6. The lowest BCUT2D eigenvalue weighted by Crippen LogP contribution is -2.35. The largest absolute Gasteiger partial charge is 0.368 e. The maximum absolute atomic E-state index is 5.62. The van der Waals surface area contributed by atoms with E-state index in [0.29, 0.717) is 18.3 Å². The van der Waals surface area contributed by atoms with Gasteiger partial charge in [-0.1, -0.05) is 0 Å². The average Bonchev–Trinajstić information content (AvgIpc) is 2.13. The molecular formula is C10H20N6. The predicted molar refractivity (Wildman–Crippen MR) is 65.2 cm³/mol. The highest BCUT2D eigenvalue weighted by atomic mass is 15.3. The summed E-state index contributed by atoms with van der Waals surface area (Å²) in [4.78, 5) is 14.2. The molecule has 16 heavy (non-hydrogen) atoms. The molecule has 0 radical (unpaired) electrons. The molecule has 6 heteroatoms. The fourth-order valence-corrected chi connectivity index (χ4v) is 1.05. The molecule has 0 saturated carbocycles. The molecule has 0 aliphatic carbocycles. The Morgan fingerprint density at radius 3 is 2.31 bits per heavy atom. The highest BCUT2D eigenvalue weighted by Crippen LogP contribution is 2.07. The summed E-state index contributed by atoms with van der Waals surface area (Å²) in [5.41, 5.74) is 5.65. The fraction of sp³-hybridized carbons (Fsp3) is 0.700. The lowest BCUT2D eigenvalue weighted by molar-refractivity contribution is 0.417. The van der Waals surface area contributed by atoms with Crippen LogP contribution in [-0.2, 0) is 6.54 Å². The van der Waals surface area contributed by atoms with Gasteiger partial charge in [-0.15, -0.1) is 0 Å². The Kier molecular flexibility index (Phi) is 3.64. The molecule has 0 aliphatic heterocycles. The van der Waals surface area contributed by atoms with Crippen LogP contribution in [0.3, 0.4) is 0 Å². The second-order valence-corrected chi connectivity index (χ2v) is 4.91. The van der Waals surface area contributed by atoms with Crippen molar-refractivity contribution < 1.29 is 0 Å². The number of aromatic nitrogens is 3. The van der Waals surface area contributed by atoms with Crippen molar-refractivity contribution in [3.05, 3.63) is 5.82 Å². The van der Waals surface area contributed by atoms with Crippen LogP contribution in [0.4, 0.5) is 11.9 Å². The maximum Gasteiger partial charge on any atom is 0.229 e. The Morgan fingerprint density at radius 1 is 1.19 bits per heavy atom. The molecule has 90 valence electrons. The molecule has 1 rings (SSSR count). The van der Waals surface area contributed by atoms with Gasteiger partial charge in [-0.05, 0) is 20.8 Å². The lowest BCUT2D eigenvalue weighted by Gasteiger charge is -2.20. The normalized spacial score (nSPS) is 11.6. The number of nitrogen functional groups attached to an aromatic ring is 1. The van der Waals surface area contributed by atoms with E-state index < -0.39 is 0 Å². The van der Waals surface area contributed by atoms with Crippen LogP contribution in [-0.4, -0.2) is 34.6 Å². The van der Waals surface area contributed by atoms with E-state index >= 15 is 0 Å². The Hall–Kier alpha value is -1.43. The number of rotatable bonds is 3. The van der Waals surface area contributed by atoms with E-state index in [0.717, 1.165) is 0 Å². The zero-order valence-electron chi connectivity index (χ0n) is 10.6. The van der Waals surface area contributed by atoms with Crippen molar-refractivity contribution in [1.29, 1.82) is 0 Å². The molecular weight excluding hydrogens is 204 g/mol. The zero-order valence-corrected chi connectivity index (χ0v) is 10.6. The summed E-state index contributed by atoms with van der Waals surface area (Å²) in [6.07, 6.45) is 0. The van der Waals surface area contributed by atoms with Crippen molar-refractivity contribution in [2.24, 2.45) is 0 Å². The molecule has 0 atom stereocenters. The van der Waals surface area contributed by atoms with Crippen LogP contribution >= 0.6 is 0 Å². The molecule has 0 aliphatic rings. The Morgan fingerprint density at radius 2 is 1.81 bits per heavy atom. The van der Waals surface area contributed by atoms with Crippen LogP contribution in [0.1, 0.15) is 26.6 Å². The summed E-state index contributed by atoms with van der Waals surface area (Å²) in [5, 5.41) is 3.30. The highest BCUT2D eigenvalue weighted by Gasteiger charge is 2.11. The first-order chi connectivity index (χ1) is 7.28. The summed E-state index contributed by atoms with van der Waals surface area (Å²) in [5.74, 6) is 1.49. The summed E-state index contributed by atoms with van der Waals surface area (Å²) < 4.78 is 0. The van der Waals surface area contributed by atoms with E-state index in [1.807, 2.05) is 14.1 Å². The molecule has 0 bridgehead atoms. The molecule has 3 N–H and O–H groups in total. The van der Waals surface area contributed by atoms with Crippen LogP contribution in [0.5, 0.6) is 0 Å². The second kappa shape index (κ2) is 4.61. The van der Waals surface area contributed by atoms with Crippen molar-refractivity contribution in [1.82, 2.24) is 20.3 Å². The van der Waals surface area contributed by atoms with E-state index in [1.54, 1.807) is 4.90 Å². The standard InChI is InChI=1S/C10H20N6/c1-10(2,3)12-6-7-13-8(11)15-9(14-7)16(4)5/h12H,6H2,1-5H3,(H2,11,13,14,15). The van der Waals surface area contributed by atoms with Gasteiger partial charge in [0, 0.05) is 19.6 Å². The third-order valence-corrected chi connectivity index (χ3v) is 1.86. The summed E-state index contributed by atoms with van der Waals surface area (Å²) >= 11 is 0. The van der Waals surface area contributed by atoms with Crippen molar-refractivity contribution in [2.75, 3.05) is 24.7 Å². The third-order valence-electron chi connectivity index (χ3n) is 1.86. The molecule has 1 aromatic heterocycles. The van der Waals surface area contributed by atoms with Gasteiger partial charge in [0.1, 0.15) is 5.82 Å². The number of hydrogen-bond donors (Lipinski definition) is 2. The molecule has 0 saturated heterocycles. The van der Waals surface area contributed by atoms with Crippen molar-refractivity contribution in [2.45, 2.75) is 32.9 Å². The molecule has 0 unspecified atom stereocenters. The molecule has 1 aromatic rings. The summed E-state index contributed by atoms with van der Waals surface area (Å²) in [6, 6.07) is 0. The van der Waals surface area contributed by atoms with Crippen molar-refractivity contribution >= 4 is 11.9 Å². The predicted octanol–water partition coefficient (Wildman–Crippen LogP) is 0.408. The van der Waals surface area contributed by atoms with Gasteiger partial charge >= 0.3 is 0 Å². The monoisotopic (exact) mass is 224 g/mol. The van der Waals surface area contributed by atoms with Crippen LogP contribution < -0.4 is 16.0 Å². The van der Waals surface area contributed by atoms with Crippen molar-refractivity contribution in [3.63, 3.8) is 0 Å². The van der Waals surface area contributed by atoms with Gasteiger partial charge in [-0.3, -0.25) is 0 Å². The van der Waals surface area contributed by atoms with E-state index in [4.69, 9.17) is 5.73 Å². The minimum atomic E-state index is 0.0275. The van der Waals surface area contributed by atoms with Gasteiger partial charge < -0.3 is 16.0 Å². The van der Waals surface area contributed by atoms with Gasteiger partial charge in [-0.2, -0.15) is 15.0 Å². The van der Waals surface area contributed by atoms with Crippen LogP contribution in [0.15, 0.2) is 0 Å². The molecule has 0 fully saturated rings. The van der Waals surface area contributed by atoms with Crippen molar-refractivity contribution in [3.8, 4) is 0 Å². The minimum Gasteiger partial charge on any atom is -0.368 e. The smallest absolute Gasteiger partial charge is 0.229 e. The SMILES string of the molecule is CN(C)c1nc(N)nc(CNC(C)(C)C)n1. The first-order valence-corrected chi connectivity index (χ1v) is 5.21. The molecule has 6 nitrogen and oxygen atoms in total. The van der Waals surface area contributed by atoms with Gasteiger partial charge in [0.25, 0.3) is 0 Å². The van der Waals surface area contributed by atoms with E-state index in [9.17, 15) is 0 Å². The van der Waals surface area contributed by atoms with E-state index in [1.165, 1.54) is 0 Å². The van der Waals surface area contributed by atoms with E-state index in [-0.39, 0.29) is 11.5 Å². The molecule has 0 amide bonds. The van der Waals surface area contributed by atoms with Crippen LogP contribution in [0.25, 0.3) is 0 Å². The van der Waals surface area contributed by atoms with Crippen LogP contribution in [0, 0.1) is 0 Å². The number of nitrogens with two attached hydrogens (primary N) is 1. The van der Waals surface area contributed by atoms with Crippen LogP contribution in [0.2, 0.25) is 0 Å². The topological polar surface area (TPSA) is 80.0 Å². The zero-order chi connectivity index (χ0) is 12.3. The summed E-state index contributed by atoms with van der Waals surface area (Å²) in [6.45, 7) is 6.84. The molecule has 0 spiro atoms. The first kappa shape index (κ1) is 12.6. The van der Waals surface area contributed by atoms with Gasteiger partial charge in [0.05, 0.1) is 6.54 Å². The van der Waals surface area contributed by atoms with Gasteiger partial charge in [0.2, 0.25) is 11.9 Å². The van der Waals surface area contributed by atoms with Gasteiger partial charge in [-0.25, -0.2) is 0 Å². The first-order valence-electron chi connectivity index (χ1n) is 5.21. The maximum atomic E-state index is 5.62. The Labute approximate surface area is 96.3 Å². The third kappa shape index (κ3) is 3.98. The number of anilines is 2.